The lowest BCUT2D eigenvalue weighted by molar-refractivity contribution is 0.200. The van der Waals surface area contributed by atoms with Crippen molar-refractivity contribution in [1.29, 1.82) is 0 Å². The first-order valence-electron chi connectivity index (χ1n) is 6.11. The van der Waals surface area contributed by atoms with Crippen LogP contribution in [-0.2, 0) is 11.2 Å². The lowest BCUT2D eigenvalue weighted by Gasteiger charge is -2.07. The van der Waals surface area contributed by atoms with Gasteiger partial charge in [0.1, 0.15) is 12.1 Å². The molecule has 0 unspecified atom stereocenters. The van der Waals surface area contributed by atoms with Crippen molar-refractivity contribution in [1.82, 2.24) is 15.3 Å². The molecular weight excluding hydrogens is 216 g/mol. The minimum Gasteiger partial charge on any atom is -0.383 e. The van der Waals surface area contributed by atoms with E-state index in [1.807, 2.05) is 6.07 Å². The lowest BCUT2D eigenvalue weighted by Crippen LogP contribution is -2.25. The van der Waals surface area contributed by atoms with Crippen LogP contribution in [-0.4, -0.2) is 43.3 Å². The number of hydrogen-bond donors (Lipinski definition) is 2. The molecule has 0 aliphatic heterocycles. The minimum atomic E-state index is 0.744. The number of aromatic nitrogens is 2. The normalized spacial score (nSPS) is 10.5. The number of rotatable bonds is 9. The number of nitrogens with one attached hydrogen (secondary N) is 2. The van der Waals surface area contributed by atoms with Gasteiger partial charge >= 0.3 is 0 Å². The van der Waals surface area contributed by atoms with Gasteiger partial charge in [0.25, 0.3) is 0 Å². The highest BCUT2D eigenvalue weighted by atomic mass is 16.5. The molecule has 0 aromatic carbocycles. The van der Waals surface area contributed by atoms with Crippen LogP contribution in [0, 0.1) is 0 Å². The van der Waals surface area contributed by atoms with E-state index in [0.717, 1.165) is 50.6 Å². The fraction of sp³-hybridized carbons (Fsp3) is 0.667. The minimum absolute atomic E-state index is 0.744. The summed E-state index contributed by atoms with van der Waals surface area (Å²) in [5, 5.41) is 6.53. The van der Waals surface area contributed by atoms with Crippen LogP contribution in [0.3, 0.4) is 0 Å². The Bertz CT molecular complexity index is 306. The quantitative estimate of drug-likeness (QED) is 0.630. The molecule has 1 aromatic rings. The average molecular weight is 238 g/mol. The van der Waals surface area contributed by atoms with Crippen molar-refractivity contribution in [3.63, 3.8) is 0 Å². The Labute approximate surface area is 103 Å². The smallest absolute Gasteiger partial charge is 0.129 e. The Kier molecular flexibility index (Phi) is 7.25. The third kappa shape index (κ3) is 6.19. The summed E-state index contributed by atoms with van der Waals surface area (Å²) < 4.78 is 4.95. The standard InChI is InChI=1S/C12H22N4O/c1-3-4-11-9-12(16-10-15-11)14-6-5-13-7-8-17-2/h9-10,13H,3-8H2,1-2H3,(H,14,15,16). The Morgan fingerprint density at radius 2 is 2.12 bits per heavy atom. The van der Waals surface area contributed by atoms with Gasteiger partial charge in [-0.15, -0.1) is 0 Å². The van der Waals surface area contributed by atoms with E-state index in [1.54, 1.807) is 13.4 Å². The molecule has 0 fully saturated rings. The first kappa shape index (κ1) is 13.9. The molecule has 1 rings (SSSR count). The first-order chi connectivity index (χ1) is 8.36. The van der Waals surface area contributed by atoms with E-state index in [-0.39, 0.29) is 0 Å². The topological polar surface area (TPSA) is 59.1 Å². The van der Waals surface area contributed by atoms with Crippen molar-refractivity contribution in [2.45, 2.75) is 19.8 Å². The van der Waals surface area contributed by atoms with Crippen molar-refractivity contribution < 1.29 is 4.74 Å². The van der Waals surface area contributed by atoms with E-state index in [0.29, 0.717) is 0 Å². The van der Waals surface area contributed by atoms with Crippen molar-refractivity contribution in [3.8, 4) is 0 Å². The van der Waals surface area contributed by atoms with Crippen molar-refractivity contribution in [2.75, 3.05) is 38.7 Å². The average Bonchev–Trinajstić information content (AvgIpc) is 2.35. The van der Waals surface area contributed by atoms with Gasteiger partial charge in [-0.1, -0.05) is 13.3 Å². The summed E-state index contributed by atoms with van der Waals surface area (Å²) in [4.78, 5) is 8.40. The number of hydrogen-bond acceptors (Lipinski definition) is 5. The number of methoxy groups -OCH3 is 1. The number of ether oxygens (including phenoxy) is 1. The van der Waals surface area contributed by atoms with E-state index in [2.05, 4.69) is 27.5 Å². The van der Waals surface area contributed by atoms with Gasteiger partial charge in [0.2, 0.25) is 0 Å². The van der Waals surface area contributed by atoms with Gasteiger partial charge in [-0.05, 0) is 6.42 Å². The molecule has 0 aliphatic carbocycles. The van der Waals surface area contributed by atoms with Crippen molar-refractivity contribution in [3.05, 3.63) is 18.1 Å². The van der Waals surface area contributed by atoms with Gasteiger partial charge in [0, 0.05) is 38.5 Å². The highest BCUT2D eigenvalue weighted by Crippen LogP contribution is 2.05. The molecule has 96 valence electrons. The molecular formula is C12H22N4O. The second kappa shape index (κ2) is 8.90. The maximum atomic E-state index is 4.95. The van der Waals surface area contributed by atoms with Gasteiger partial charge < -0.3 is 15.4 Å². The molecule has 0 atom stereocenters. The van der Waals surface area contributed by atoms with Crippen LogP contribution in [0.25, 0.3) is 0 Å². The summed E-state index contributed by atoms with van der Waals surface area (Å²) in [6.45, 7) is 5.52. The number of anilines is 1. The Morgan fingerprint density at radius 3 is 2.88 bits per heavy atom. The second-order valence-corrected chi connectivity index (χ2v) is 3.81. The van der Waals surface area contributed by atoms with Gasteiger partial charge in [0.15, 0.2) is 0 Å². The van der Waals surface area contributed by atoms with Gasteiger partial charge in [0.05, 0.1) is 6.61 Å². The molecule has 0 saturated carbocycles. The summed E-state index contributed by atoms with van der Waals surface area (Å²) in [6, 6.07) is 2.01. The number of nitrogens with zero attached hydrogens (tertiary/aromatic N) is 2. The molecule has 1 heterocycles. The van der Waals surface area contributed by atoms with E-state index >= 15 is 0 Å². The van der Waals surface area contributed by atoms with Crippen LogP contribution < -0.4 is 10.6 Å². The molecule has 2 N–H and O–H groups in total. The summed E-state index contributed by atoms with van der Waals surface area (Å²) >= 11 is 0. The van der Waals surface area contributed by atoms with Gasteiger partial charge in [-0.2, -0.15) is 0 Å². The molecule has 0 radical (unpaired) electrons. The molecule has 0 amide bonds. The summed E-state index contributed by atoms with van der Waals surface area (Å²) in [5.41, 5.74) is 1.09. The van der Waals surface area contributed by atoms with Crippen LogP contribution in [0.15, 0.2) is 12.4 Å². The molecule has 0 saturated heterocycles. The third-order valence-corrected chi connectivity index (χ3v) is 2.32. The van der Waals surface area contributed by atoms with Crippen LogP contribution >= 0.6 is 0 Å². The molecule has 5 heteroatoms. The second-order valence-electron chi connectivity index (χ2n) is 3.81. The zero-order valence-electron chi connectivity index (χ0n) is 10.7. The zero-order valence-corrected chi connectivity index (χ0v) is 10.7. The van der Waals surface area contributed by atoms with Gasteiger partial charge in [-0.25, -0.2) is 9.97 Å². The lowest BCUT2D eigenvalue weighted by atomic mass is 10.2. The Balaban J connectivity index is 2.19. The maximum Gasteiger partial charge on any atom is 0.129 e. The van der Waals surface area contributed by atoms with Crippen LogP contribution in [0.2, 0.25) is 0 Å². The SMILES string of the molecule is CCCc1cc(NCCNCCOC)ncn1. The fourth-order valence-electron chi connectivity index (χ4n) is 1.47. The highest BCUT2D eigenvalue weighted by Gasteiger charge is 1.97. The van der Waals surface area contributed by atoms with E-state index < -0.39 is 0 Å². The molecule has 17 heavy (non-hydrogen) atoms. The predicted molar refractivity (Wildman–Crippen MR) is 69.3 cm³/mol. The first-order valence-corrected chi connectivity index (χ1v) is 6.11. The van der Waals surface area contributed by atoms with Crippen LogP contribution in [0.5, 0.6) is 0 Å². The Hall–Kier alpha value is -1.20. The van der Waals surface area contributed by atoms with Crippen molar-refractivity contribution >= 4 is 5.82 Å². The third-order valence-electron chi connectivity index (χ3n) is 2.32. The molecule has 0 bridgehead atoms. The monoisotopic (exact) mass is 238 g/mol. The van der Waals surface area contributed by atoms with Crippen LogP contribution in [0.1, 0.15) is 19.0 Å². The summed E-state index contributed by atoms with van der Waals surface area (Å²) in [7, 11) is 1.70. The van der Waals surface area contributed by atoms with E-state index in [9.17, 15) is 0 Å². The molecule has 5 nitrogen and oxygen atoms in total. The largest absolute Gasteiger partial charge is 0.383 e. The van der Waals surface area contributed by atoms with E-state index in [4.69, 9.17) is 4.74 Å². The molecule has 1 aromatic heterocycles. The Morgan fingerprint density at radius 1 is 1.24 bits per heavy atom. The zero-order chi connectivity index (χ0) is 12.3. The van der Waals surface area contributed by atoms with Gasteiger partial charge in [-0.3, -0.25) is 0 Å². The predicted octanol–water partition coefficient (Wildman–Crippen LogP) is 1.08. The van der Waals surface area contributed by atoms with Crippen molar-refractivity contribution in [2.24, 2.45) is 0 Å². The molecule has 0 spiro atoms. The summed E-state index contributed by atoms with van der Waals surface area (Å²) in [5.74, 6) is 0.900. The highest BCUT2D eigenvalue weighted by molar-refractivity contribution is 5.34. The molecule has 0 aliphatic rings. The van der Waals surface area contributed by atoms with Crippen LogP contribution in [0.4, 0.5) is 5.82 Å². The van der Waals surface area contributed by atoms with E-state index in [1.165, 1.54) is 0 Å². The maximum absolute atomic E-state index is 4.95. The number of aryl methyl sites for hydroxylation is 1. The fourth-order valence-corrected chi connectivity index (χ4v) is 1.47. The summed E-state index contributed by atoms with van der Waals surface area (Å²) in [6.07, 6.45) is 3.73.